The molecule has 1 aromatic heterocycles. The highest BCUT2D eigenvalue weighted by Crippen LogP contribution is 2.25. The van der Waals surface area contributed by atoms with E-state index in [0.29, 0.717) is 18.9 Å². The first kappa shape index (κ1) is 18.7. The predicted molar refractivity (Wildman–Crippen MR) is 90.3 cm³/mol. The summed E-state index contributed by atoms with van der Waals surface area (Å²) in [5.74, 6) is -1.93. The third-order valence-electron chi connectivity index (χ3n) is 4.09. The molecule has 1 fully saturated rings. The van der Waals surface area contributed by atoms with Crippen LogP contribution < -0.4 is 4.74 Å². The van der Waals surface area contributed by atoms with Crippen LogP contribution in [0.2, 0.25) is 0 Å². The van der Waals surface area contributed by atoms with Crippen molar-refractivity contribution >= 4 is 10.0 Å². The number of halogens is 2. The van der Waals surface area contributed by atoms with Crippen LogP contribution in [0.25, 0.3) is 0 Å². The lowest BCUT2D eigenvalue weighted by Crippen LogP contribution is -2.44. The molecule has 3 rings (SSSR count). The lowest BCUT2D eigenvalue weighted by atomic mass is 10.1. The molecule has 0 aliphatic carbocycles. The van der Waals surface area contributed by atoms with Gasteiger partial charge in [0.1, 0.15) is 22.6 Å². The second-order valence-electron chi connectivity index (χ2n) is 6.25. The van der Waals surface area contributed by atoms with Gasteiger partial charge in [-0.3, -0.25) is 0 Å². The lowest BCUT2D eigenvalue weighted by Gasteiger charge is -2.31. The molecule has 0 spiro atoms. The molecule has 1 aliphatic heterocycles. The Morgan fingerprint density at radius 3 is 2.50 bits per heavy atom. The van der Waals surface area contributed by atoms with E-state index in [1.165, 1.54) is 0 Å². The van der Waals surface area contributed by atoms with Crippen molar-refractivity contribution in [2.24, 2.45) is 0 Å². The van der Waals surface area contributed by atoms with E-state index in [0.717, 1.165) is 27.8 Å². The third-order valence-corrected chi connectivity index (χ3v) is 5.98. The van der Waals surface area contributed by atoms with Crippen molar-refractivity contribution in [1.82, 2.24) is 14.3 Å². The van der Waals surface area contributed by atoms with E-state index in [-0.39, 0.29) is 19.1 Å². The number of ether oxygens (including phenoxy) is 1. The summed E-state index contributed by atoms with van der Waals surface area (Å²) in [6.07, 6.45) is 0.745. The highest BCUT2D eigenvalue weighted by atomic mass is 32.2. The summed E-state index contributed by atoms with van der Waals surface area (Å²) in [6.45, 7) is 3.93. The van der Waals surface area contributed by atoms with E-state index in [1.54, 1.807) is 0 Å². The molecule has 1 saturated heterocycles. The zero-order valence-corrected chi connectivity index (χ0v) is 15.3. The first-order valence-electron chi connectivity index (χ1n) is 8.20. The minimum Gasteiger partial charge on any atom is -0.459 e. The molecule has 1 aliphatic rings. The molecule has 0 amide bonds. The quantitative estimate of drug-likeness (QED) is 0.812. The fourth-order valence-corrected chi connectivity index (χ4v) is 4.49. The van der Waals surface area contributed by atoms with Gasteiger partial charge in [0.25, 0.3) is 0 Å². The molecule has 1 atom stereocenters. The predicted octanol–water partition coefficient (Wildman–Crippen LogP) is 2.60. The molecule has 0 radical (unpaired) electrons. The van der Waals surface area contributed by atoms with E-state index >= 15 is 0 Å². The number of piperidine rings is 1. The van der Waals surface area contributed by atoms with E-state index in [1.807, 2.05) is 19.9 Å². The van der Waals surface area contributed by atoms with Gasteiger partial charge in [-0.25, -0.2) is 27.2 Å². The van der Waals surface area contributed by atoms with Gasteiger partial charge in [0.15, 0.2) is 0 Å². The van der Waals surface area contributed by atoms with Gasteiger partial charge >= 0.3 is 6.01 Å². The minimum absolute atomic E-state index is 0.0511. The van der Waals surface area contributed by atoms with E-state index in [9.17, 15) is 17.2 Å². The Hall–Kier alpha value is -2.13. The second kappa shape index (κ2) is 7.24. The molecule has 0 bridgehead atoms. The monoisotopic (exact) mass is 383 g/mol. The largest absolute Gasteiger partial charge is 0.459 e. The lowest BCUT2D eigenvalue weighted by molar-refractivity contribution is 0.118. The topological polar surface area (TPSA) is 72.4 Å². The fraction of sp³-hybridized carbons (Fsp3) is 0.412. The summed E-state index contributed by atoms with van der Waals surface area (Å²) in [5.41, 5.74) is 1.50. The number of sulfonamides is 1. The summed E-state index contributed by atoms with van der Waals surface area (Å²) in [6, 6.07) is 4.43. The second-order valence-corrected chi connectivity index (χ2v) is 8.16. The zero-order valence-electron chi connectivity index (χ0n) is 14.4. The van der Waals surface area contributed by atoms with Crippen LogP contribution in [-0.4, -0.2) is 41.9 Å². The average molecular weight is 383 g/mol. The van der Waals surface area contributed by atoms with Crippen LogP contribution in [0.3, 0.4) is 0 Å². The maximum Gasteiger partial charge on any atom is 0.317 e. The van der Waals surface area contributed by atoms with Crippen molar-refractivity contribution in [3.8, 4) is 6.01 Å². The molecular weight excluding hydrogens is 364 g/mol. The van der Waals surface area contributed by atoms with Crippen LogP contribution in [0.15, 0.2) is 29.2 Å². The van der Waals surface area contributed by atoms with Gasteiger partial charge in [-0.2, -0.15) is 4.31 Å². The van der Waals surface area contributed by atoms with Crippen molar-refractivity contribution in [2.45, 2.75) is 37.7 Å². The van der Waals surface area contributed by atoms with E-state index in [4.69, 9.17) is 4.74 Å². The number of hydrogen-bond acceptors (Lipinski definition) is 5. The number of rotatable bonds is 4. The fourth-order valence-electron chi connectivity index (χ4n) is 2.94. The molecule has 2 aromatic rings. The van der Waals surface area contributed by atoms with Crippen molar-refractivity contribution in [3.63, 3.8) is 0 Å². The Balaban J connectivity index is 1.79. The Morgan fingerprint density at radius 1 is 1.15 bits per heavy atom. The standard InChI is InChI=1S/C17H19F2N3O3S/c1-11-8-12(2)21-17(20-11)25-14-4-3-7-22(10-14)26(23,24)16-6-5-13(18)9-15(16)19/h5-6,8-9,14H,3-4,7,10H2,1-2H3. The van der Waals surface area contributed by atoms with Crippen molar-refractivity contribution in [2.75, 3.05) is 13.1 Å². The molecule has 140 valence electrons. The summed E-state index contributed by atoms with van der Waals surface area (Å²) >= 11 is 0. The Bertz CT molecular complexity index is 901. The Kier molecular flexibility index (Phi) is 5.19. The molecule has 0 N–H and O–H groups in total. The third kappa shape index (κ3) is 3.99. The molecular formula is C17H19F2N3O3S. The highest BCUT2D eigenvalue weighted by Gasteiger charge is 2.33. The maximum absolute atomic E-state index is 13.9. The van der Waals surface area contributed by atoms with Crippen LogP contribution >= 0.6 is 0 Å². The van der Waals surface area contributed by atoms with Gasteiger partial charge in [-0.15, -0.1) is 0 Å². The Morgan fingerprint density at radius 2 is 1.85 bits per heavy atom. The van der Waals surface area contributed by atoms with Crippen LogP contribution in [0.4, 0.5) is 8.78 Å². The van der Waals surface area contributed by atoms with Gasteiger partial charge in [0.2, 0.25) is 10.0 Å². The first-order chi connectivity index (χ1) is 12.3. The molecule has 1 unspecified atom stereocenters. The van der Waals surface area contributed by atoms with Crippen LogP contribution in [0, 0.1) is 25.5 Å². The van der Waals surface area contributed by atoms with Crippen molar-refractivity contribution in [1.29, 1.82) is 0 Å². The smallest absolute Gasteiger partial charge is 0.317 e. The summed E-state index contributed by atoms with van der Waals surface area (Å²) < 4.78 is 59.3. The SMILES string of the molecule is Cc1cc(C)nc(OC2CCCN(S(=O)(=O)c3ccc(F)cc3F)C2)n1. The summed E-state index contributed by atoms with van der Waals surface area (Å²) in [7, 11) is -4.08. The number of nitrogens with zero attached hydrogens (tertiary/aromatic N) is 3. The van der Waals surface area contributed by atoms with Crippen LogP contribution in [0.5, 0.6) is 6.01 Å². The molecule has 26 heavy (non-hydrogen) atoms. The maximum atomic E-state index is 13.9. The van der Waals surface area contributed by atoms with Crippen molar-refractivity contribution < 1.29 is 21.9 Å². The average Bonchev–Trinajstić information content (AvgIpc) is 2.53. The number of aromatic nitrogens is 2. The van der Waals surface area contributed by atoms with E-state index in [2.05, 4.69) is 9.97 Å². The Labute approximate surface area is 150 Å². The molecule has 0 saturated carbocycles. The van der Waals surface area contributed by atoms with Gasteiger partial charge in [0.05, 0.1) is 6.54 Å². The molecule has 6 nitrogen and oxygen atoms in total. The van der Waals surface area contributed by atoms with Gasteiger partial charge in [0, 0.05) is 24.0 Å². The summed E-state index contributed by atoms with van der Waals surface area (Å²) in [4.78, 5) is 7.85. The summed E-state index contributed by atoms with van der Waals surface area (Å²) in [5, 5.41) is 0. The molecule has 9 heteroatoms. The normalized spacial score (nSPS) is 18.7. The zero-order chi connectivity index (χ0) is 18.9. The van der Waals surface area contributed by atoms with Crippen molar-refractivity contribution in [3.05, 3.63) is 47.3 Å². The van der Waals surface area contributed by atoms with Gasteiger partial charge < -0.3 is 4.74 Å². The molecule has 1 aromatic carbocycles. The number of aryl methyl sites for hydroxylation is 2. The van der Waals surface area contributed by atoms with Crippen LogP contribution in [-0.2, 0) is 10.0 Å². The van der Waals surface area contributed by atoms with Gasteiger partial charge in [-0.1, -0.05) is 0 Å². The molecule has 2 heterocycles. The van der Waals surface area contributed by atoms with Gasteiger partial charge in [-0.05, 0) is 44.9 Å². The number of benzene rings is 1. The first-order valence-corrected chi connectivity index (χ1v) is 9.64. The number of hydrogen-bond donors (Lipinski definition) is 0. The van der Waals surface area contributed by atoms with E-state index < -0.39 is 32.7 Å². The van der Waals surface area contributed by atoms with Crippen LogP contribution in [0.1, 0.15) is 24.2 Å². The highest BCUT2D eigenvalue weighted by molar-refractivity contribution is 7.89. The minimum atomic E-state index is -4.08.